The lowest BCUT2D eigenvalue weighted by atomic mass is 9.90. The van der Waals surface area contributed by atoms with Crippen LogP contribution in [0.3, 0.4) is 0 Å². The van der Waals surface area contributed by atoms with Crippen LogP contribution < -0.4 is 5.32 Å². The SMILES string of the molecule is CCCNC1CCCCCCC1N1CCCOC(C)C1. The van der Waals surface area contributed by atoms with Crippen molar-refractivity contribution in [1.82, 2.24) is 10.2 Å². The van der Waals surface area contributed by atoms with Gasteiger partial charge in [0.1, 0.15) is 0 Å². The van der Waals surface area contributed by atoms with E-state index in [1.807, 2.05) is 0 Å². The summed E-state index contributed by atoms with van der Waals surface area (Å²) in [5.74, 6) is 0. The molecule has 2 fully saturated rings. The highest BCUT2D eigenvalue weighted by Crippen LogP contribution is 2.24. The normalized spacial score (nSPS) is 34.2. The van der Waals surface area contributed by atoms with E-state index >= 15 is 0 Å². The van der Waals surface area contributed by atoms with Crippen molar-refractivity contribution in [3.63, 3.8) is 0 Å². The summed E-state index contributed by atoms with van der Waals surface area (Å²) < 4.78 is 5.83. The summed E-state index contributed by atoms with van der Waals surface area (Å²) in [6.45, 7) is 8.95. The molecule has 118 valence electrons. The minimum atomic E-state index is 0.398. The Morgan fingerprint density at radius 1 is 1.10 bits per heavy atom. The molecule has 2 rings (SSSR count). The first kappa shape index (κ1) is 16.3. The smallest absolute Gasteiger partial charge is 0.0674 e. The molecule has 1 aliphatic carbocycles. The topological polar surface area (TPSA) is 24.5 Å². The highest BCUT2D eigenvalue weighted by Gasteiger charge is 2.29. The van der Waals surface area contributed by atoms with E-state index in [0.29, 0.717) is 12.1 Å². The second-order valence-electron chi connectivity index (χ2n) is 6.65. The second-order valence-corrected chi connectivity index (χ2v) is 6.65. The van der Waals surface area contributed by atoms with Gasteiger partial charge in [0.15, 0.2) is 0 Å². The van der Waals surface area contributed by atoms with Crippen LogP contribution in [-0.4, -0.2) is 49.3 Å². The Hall–Kier alpha value is -0.120. The summed E-state index contributed by atoms with van der Waals surface area (Å²) in [7, 11) is 0. The van der Waals surface area contributed by atoms with Gasteiger partial charge in [0.25, 0.3) is 0 Å². The summed E-state index contributed by atoms with van der Waals surface area (Å²) >= 11 is 0. The zero-order valence-corrected chi connectivity index (χ0v) is 13.6. The van der Waals surface area contributed by atoms with Crippen molar-refractivity contribution in [1.29, 1.82) is 0 Å². The van der Waals surface area contributed by atoms with Crippen LogP contribution in [0, 0.1) is 0 Å². The molecule has 3 nitrogen and oxygen atoms in total. The molecule has 1 heterocycles. The minimum absolute atomic E-state index is 0.398. The fourth-order valence-corrected chi connectivity index (χ4v) is 3.80. The number of rotatable bonds is 4. The monoisotopic (exact) mass is 282 g/mol. The average molecular weight is 282 g/mol. The van der Waals surface area contributed by atoms with Crippen molar-refractivity contribution < 1.29 is 4.74 Å². The molecule has 0 aromatic heterocycles. The predicted molar refractivity (Wildman–Crippen MR) is 85.2 cm³/mol. The van der Waals surface area contributed by atoms with E-state index in [0.717, 1.165) is 19.2 Å². The Balaban J connectivity index is 2.00. The zero-order chi connectivity index (χ0) is 14.2. The Bertz CT molecular complexity index is 257. The molecule has 0 bridgehead atoms. The van der Waals surface area contributed by atoms with E-state index in [-0.39, 0.29) is 0 Å². The number of hydrogen-bond acceptors (Lipinski definition) is 3. The van der Waals surface area contributed by atoms with Crippen molar-refractivity contribution in [2.75, 3.05) is 26.2 Å². The standard InChI is InChI=1S/C17H34N2O/c1-3-11-18-16-9-6-4-5-7-10-17(16)19-12-8-13-20-15(2)14-19/h15-18H,3-14H2,1-2H3. The molecule has 0 aromatic carbocycles. The van der Waals surface area contributed by atoms with Crippen molar-refractivity contribution in [2.24, 2.45) is 0 Å². The molecule has 20 heavy (non-hydrogen) atoms. The van der Waals surface area contributed by atoms with Gasteiger partial charge in [-0.3, -0.25) is 4.90 Å². The van der Waals surface area contributed by atoms with Crippen LogP contribution in [0.1, 0.15) is 65.2 Å². The average Bonchev–Trinajstić information content (AvgIpc) is 2.62. The summed E-state index contributed by atoms with van der Waals surface area (Å²) in [5.41, 5.74) is 0. The van der Waals surface area contributed by atoms with Gasteiger partial charge in [-0.1, -0.05) is 32.6 Å². The maximum atomic E-state index is 5.83. The molecule has 0 spiro atoms. The number of ether oxygens (including phenoxy) is 1. The maximum Gasteiger partial charge on any atom is 0.0674 e. The minimum Gasteiger partial charge on any atom is -0.377 e. The summed E-state index contributed by atoms with van der Waals surface area (Å²) in [5, 5.41) is 3.84. The molecule has 0 amide bonds. The lowest BCUT2D eigenvalue weighted by molar-refractivity contribution is 0.0527. The van der Waals surface area contributed by atoms with Gasteiger partial charge in [0.05, 0.1) is 6.10 Å². The van der Waals surface area contributed by atoms with E-state index in [4.69, 9.17) is 4.74 Å². The maximum absolute atomic E-state index is 5.83. The predicted octanol–water partition coefficient (Wildman–Crippen LogP) is 3.19. The van der Waals surface area contributed by atoms with Gasteiger partial charge in [-0.2, -0.15) is 0 Å². The highest BCUT2D eigenvalue weighted by atomic mass is 16.5. The van der Waals surface area contributed by atoms with Crippen LogP contribution in [0.25, 0.3) is 0 Å². The van der Waals surface area contributed by atoms with Gasteiger partial charge in [-0.05, 0) is 39.2 Å². The highest BCUT2D eigenvalue weighted by molar-refractivity contribution is 4.87. The molecule has 0 aromatic rings. The van der Waals surface area contributed by atoms with Gasteiger partial charge in [0, 0.05) is 31.8 Å². The molecular formula is C17H34N2O. The molecule has 3 atom stereocenters. The van der Waals surface area contributed by atoms with Crippen LogP contribution in [0.2, 0.25) is 0 Å². The van der Waals surface area contributed by atoms with Gasteiger partial charge < -0.3 is 10.1 Å². The fraction of sp³-hybridized carbons (Fsp3) is 1.00. The fourth-order valence-electron chi connectivity index (χ4n) is 3.80. The first-order valence-corrected chi connectivity index (χ1v) is 8.90. The van der Waals surface area contributed by atoms with Gasteiger partial charge in [-0.15, -0.1) is 0 Å². The third-order valence-electron chi connectivity index (χ3n) is 4.84. The Morgan fingerprint density at radius 3 is 2.70 bits per heavy atom. The Morgan fingerprint density at radius 2 is 1.90 bits per heavy atom. The van der Waals surface area contributed by atoms with E-state index < -0.39 is 0 Å². The van der Waals surface area contributed by atoms with Crippen LogP contribution in [0.4, 0.5) is 0 Å². The Kier molecular flexibility index (Phi) is 7.32. The molecular weight excluding hydrogens is 248 g/mol. The van der Waals surface area contributed by atoms with Crippen molar-refractivity contribution in [2.45, 2.75) is 83.4 Å². The van der Waals surface area contributed by atoms with Gasteiger partial charge in [0.2, 0.25) is 0 Å². The summed E-state index contributed by atoms with van der Waals surface area (Å²) in [4.78, 5) is 2.73. The molecule has 3 heteroatoms. The second kappa shape index (κ2) is 9.01. The van der Waals surface area contributed by atoms with Crippen molar-refractivity contribution >= 4 is 0 Å². The summed E-state index contributed by atoms with van der Waals surface area (Å²) in [6, 6.07) is 1.42. The van der Waals surface area contributed by atoms with E-state index in [9.17, 15) is 0 Å². The molecule has 0 radical (unpaired) electrons. The van der Waals surface area contributed by atoms with Crippen LogP contribution in [-0.2, 0) is 4.74 Å². The molecule has 3 unspecified atom stereocenters. The van der Waals surface area contributed by atoms with Crippen molar-refractivity contribution in [3.8, 4) is 0 Å². The zero-order valence-electron chi connectivity index (χ0n) is 13.6. The first-order chi connectivity index (χ1) is 9.81. The lowest BCUT2D eigenvalue weighted by Gasteiger charge is -2.39. The van der Waals surface area contributed by atoms with Crippen LogP contribution in [0.5, 0.6) is 0 Å². The molecule has 1 saturated heterocycles. The third-order valence-corrected chi connectivity index (χ3v) is 4.84. The van der Waals surface area contributed by atoms with E-state index in [2.05, 4.69) is 24.1 Å². The molecule has 1 aliphatic heterocycles. The molecule has 1 saturated carbocycles. The van der Waals surface area contributed by atoms with Crippen LogP contribution >= 0.6 is 0 Å². The van der Waals surface area contributed by atoms with E-state index in [1.165, 1.54) is 64.5 Å². The first-order valence-electron chi connectivity index (χ1n) is 8.90. The number of nitrogens with zero attached hydrogens (tertiary/aromatic N) is 1. The third kappa shape index (κ3) is 5.01. The largest absolute Gasteiger partial charge is 0.377 e. The quantitative estimate of drug-likeness (QED) is 0.857. The lowest BCUT2D eigenvalue weighted by Crippen LogP contribution is -2.52. The van der Waals surface area contributed by atoms with Gasteiger partial charge >= 0.3 is 0 Å². The van der Waals surface area contributed by atoms with Crippen LogP contribution in [0.15, 0.2) is 0 Å². The van der Waals surface area contributed by atoms with Crippen molar-refractivity contribution in [3.05, 3.63) is 0 Å². The molecule has 2 aliphatic rings. The van der Waals surface area contributed by atoms with Gasteiger partial charge in [-0.25, -0.2) is 0 Å². The summed E-state index contributed by atoms with van der Waals surface area (Å²) in [6.07, 6.45) is 11.2. The Labute approximate surface area is 125 Å². The number of nitrogens with one attached hydrogen (secondary N) is 1. The molecule has 1 N–H and O–H groups in total. The number of hydrogen-bond donors (Lipinski definition) is 1. The van der Waals surface area contributed by atoms with E-state index in [1.54, 1.807) is 0 Å².